The lowest BCUT2D eigenvalue weighted by atomic mass is 9.82. The van der Waals surface area contributed by atoms with Gasteiger partial charge in [-0.2, -0.15) is 0 Å². The number of nitrogens with zero attached hydrogens (tertiary/aromatic N) is 2. The fraction of sp³-hybridized carbons (Fsp3) is 0.615. The van der Waals surface area contributed by atoms with E-state index in [2.05, 4.69) is 48.3 Å². The van der Waals surface area contributed by atoms with Crippen molar-refractivity contribution in [1.29, 1.82) is 0 Å². The molecule has 2 N–H and O–H groups in total. The normalized spacial score (nSPS) is 12.9. The van der Waals surface area contributed by atoms with Crippen LogP contribution in [0.2, 0.25) is 0 Å². The zero-order chi connectivity index (χ0) is 13.8. The molecule has 1 amide bonds. The largest absolute Gasteiger partial charge is 0.372 e. The van der Waals surface area contributed by atoms with Crippen molar-refractivity contribution in [3.8, 4) is 0 Å². The molecule has 1 rings (SSSR count). The maximum Gasteiger partial charge on any atom is 0.271 e. The highest BCUT2D eigenvalue weighted by atomic mass is 16.1. The van der Waals surface area contributed by atoms with Crippen LogP contribution in [0.1, 0.15) is 38.2 Å². The van der Waals surface area contributed by atoms with Crippen LogP contribution in [0.5, 0.6) is 0 Å². The Balaban J connectivity index is 2.60. The van der Waals surface area contributed by atoms with E-state index in [-0.39, 0.29) is 11.3 Å². The molecule has 1 heterocycles. The first kappa shape index (κ1) is 14.4. The van der Waals surface area contributed by atoms with E-state index in [1.165, 1.54) is 6.20 Å². The molecule has 0 fully saturated rings. The molecule has 1 aromatic rings. The Hall–Kier alpha value is -1.65. The van der Waals surface area contributed by atoms with Gasteiger partial charge in [-0.05, 0) is 11.3 Å². The summed E-state index contributed by atoms with van der Waals surface area (Å²) in [6.07, 6.45) is 3.05. The summed E-state index contributed by atoms with van der Waals surface area (Å²) in [6.45, 7) is 9.23. The maximum atomic E-state index is 11.9. The molecule has 0 radical (unpaired) electrons. The SMILES string of the molecule is CNc1cncc(C(=O)NCC(C)C(C)(C)C)n1. The lowest BCUT2D eigenvalue weighted by molar-refractivity contribution is 0.0932. The van der Waals surface area contributed by atoms with Crippen LogP contribution in [0.4, 0.5) is 5.82 Å². The molecule has 0 saturated carbocycles. The molecule has 0 aliphatic rings. The van der Waals surface area contributed by atoms with Crippen LogP contribution in [-0.2, 0) is 0 Å². The number of carbonyl (C=O) groups excluding carboxylic acids is 1. The fourth-order valence-electron chi connectivity index (χ4n) is 1.24. The van der Waals surface area contributed by atoms with E-state index in [4.69, 9.17) is 0 Å². The van der Waals surface area contributed by atoms with Gasteiger partial charge in [-0.1, -0.05) is 27.7 Å². The first-order valence-corrected chi connectivity index (χ1v) is 6.12. The van der Waals surface area contributed by atoms with Gasteiger partial charge in [0.25, 0.3) is 5.91 Å². The van der Waals surface area contributed by atoms with Crippen molar-refractivity contribution < 1.29 is 4.79 Å². The molecule has 0 bridgehead atoms. The Morgan fingerprint density at radius 2 is 2.06 bits per heavy atom. The summed E-state index contributed by atoms with van der Waals surface area (Å²) in [5.41, 5.74) is 0.508. The van der Waals surface area contributed by atoms with Crippen LogP contribution in [0, 0.1) is 11.3 Å². The first-order chi connectivity index (χ1) is 8.34. The molecule has 5 heteroatoms. The van der Waals surface area contributed by atoms with Crippen LogP contribution in [-0.4, -0.2) is 29.5 Å². The number of amides is 1. The number of aromatic nitrogens is 2. The Kier molecular flexibility index (Phi) is 4.64. The van der Waals surface area contributed by atoms with E-state index in [0.717, 1.165) is 0 Å². The maximum absolute atomic E-state index is 11.9. The Morgan fingerprint density at radius 1 is 1.39 bits per heavy atom. The Labute approximate surface area is 108 Å². The van der Waals surface area contributed by atoms with Crippen LogP contribution in [0.15, 0.2) is 12.4 Å². The number of rotatable bonds is 4. The van der Waals surface area contributed by atoms with Gasteiger partial charge in [-0.25, -0.2) is 4.98 Å². The highest BCUT2D eigenvalue weighted by Crippen LogP contribution is 2.24. The summed E-state index contributed by atoms with van der Waals surface area (Å²) in [6, 6.07) is 0. The summed E-state index contributed by atoms with van der Waals surface area (Å²) < 4.78 is 0. The van der Waals surface area contributed by atoms with Gasteiger partial charge in [-0.3, -0.25) is 9.78 Å². The topological polar surface area (TPSA) is 66.9 Å². The number of anilines is 1. The third-order valence-electron chi connectivity index (χ3n) is 3.17. The van der Waals surface area contributed by atoms with E-state index < -0.39 is 0 Å². The second-order valence-corrected chi connectivity index (χ2v) is 5.52. The number of carbonyl (C=O) groups is 1. The minimum absolute atomic E-state index is 0.172. The first-order valence-electron chi connectivity index (χ1n) is 6.12. The summed E-state index contributed by atoms with van der Waals surface area (Å²) >= 11 is 0. The van der Waals surface area contributed by atoms with E-state index in [1.54, 1.807) is 13.2 Å². The summed E-state index contributed by atoms with van der Waals surface area (Å²) in [5.74, 6) is 0.795. The van der Waals surface area contributed by atoms with Gasteiger partial charge in [0.1, 0.15) is 11.5 Å². The molecule has 0 aliphatic carbocycles. The predicted molar refractivity (Wildman–Crippen MR) is 72.5 cm³/mol. The van der Waals surface area contributed by atoms with Gasteiger partial charge < -0.3 is 10.6 Å². The van der Waals surface area contributed by atoms with Gasteiger partial charge in [0, 0.05) is 13.6 Å². The van der Waals surface area contributed by atoms with Crippen LogP contribution >= 0.6 is 0 Å². The molecule has 1 unspecified atom stereocenters. The van der Waals surface area contributed by atoms with Gasteiger partial charge in [0.2, 0.25) is 0 Å². The van der Waals surface area contributed by atoms with E-state index in [9.17, 15) is 4.79 Å². The molecule has 0 saturated heterocycles. The Bertz CT molecular complexity index is 412. The molecular formula is C13H22N4O. The summed E-state index contributed by atoms with van der Waals surface area (Å²) in [4.78, 5) is 20.0. The Morgan fingerprint density at radius 3 is 2.61 bits per heavy atom. The van der Waals surface area contributed by atoms with E-state index in [1.807, 2.05) is 0 Å². The zero-order valence-corrected chi connectivity index (χ0v) is 11.7. The predicted octanol–water partition coefficient (Wildman–Crippen LogP) is 1.93. The minimum Gasteiger partial charge on any atom is -0.372 e. The molecule has 0 aromatic carbocycles. The third kappa shape index (κ3) is 3.98. The molecule has 5 nitrogen and oxygen atoms in total. The van der Waals surface area contributed by atoms with E-state index >= 15 is 0 Å². The lowest BCUT2D eigenvalue weighted by Gasteiger charge is -2.27. The summed E-state index contributed by atoms with van der Waals surface area (Å²) in [5, 5.41) is 5.75. The summed E-state index contributed by atoms with van der Waals surface area (Å²) in [7, 11) is 1.74. The lowest BCUT2D eigenvalue weighted by Crippen LogP contribution is -2.34. The van der Waals surface area contributed by atoms with Crippen LogP contribution in [0.25, 0.3) is 0 Å². The second-order valence-electron chi connectivity index (χ2n) is 5.52. The van der Waals surface area contributed by atoms with Crippen molar-refractivity contribution >= 4 is 11.7 Å². The minimum atomic E-state index is -0.185. The van der Waals surface area contributed by atoms with Crippen LogP contribution in [0.3, 0.4) is 0 Å². The van der Waals surface area contributed by atoms with Crippen LogP contribution < -0.4 is 10.6 Å². The van der Waals surface area contributed by atoms with Crippen molar-refractivity contribution in [1.82, 2.24) is 15.3 Å². The molecule has 0 aliphatic heterocycles. The van der Waals surface area contributed by atoms with Crippen molar-refractivity contribution in [3.05, 3.63) is 18.1 Å². The van der Waals surface area contributed by atoms with Crippen molar-refractivity contribution in [2.24, 2.45) is 11.3 Å². The van der Waals surface area contributed by atoms with Gasteiger partial charge in [0.15, 0.2) is 0 Å². The number of hydrogen-bond donors (Lipinski definition) is 2. The molecular weight excluding hydrogens is 228 g/mol. The molecule has 1 atom stereocenters. The molecule has 1 aromatic heterocycles. The third-order valence-corrected chi connectivity index (χ3v) is 3.17. The number of hydrogen-bond acceptors (Lipinski definition) is 4. The van der Waals surface area contributed by atoms with Crippen molar-refractivity contribution in [2.45, 2.75) is 27.7 Å². The van der Waals surface area contributed by atoms with Gasteiger partial charge in [0.05, 0.1) is 12.4 Å². The zero-order valence-electron chi connectivity index (χ0n) is 11.7. The molecule has 0 spiro atoms. The second kappa shape index (κ2) is 5.80. The highest BCUT2D eigenvalue weighted by molar-refractivity contribution is 5.92. The molecule has 18 heavy (non-hydrogen) atoms. The molecule has 100 valence electrons. The highest BCUT2D eigenvalue weighted by Gasteiger charge is 2.20. The smallest absolute Gasteiger partial charge is 0.271 e. The van der Waals surface area contributed by atoms with Gasteiger partial charge >= 0.3 is 0 Å². The average Bonchev–Trinajstić information content (AvgIpc) is 2.34. The fourth-order valence-corrected chi connectivity index (χ4v) is 1.24. The average molecular weight is 250 g/mol. The monoisotopic (exact) mass is 250 g/mol. The number of nitrogens with one attached hydrogen (secondary N) is 2. The van der Waals surface area contributed by atoms with Gasteiger partial charge in [-0.15, -0.1) is 0 Å². The van der Waals surface area contributed by atoms with Crippen molar-refractivity contribution in [3.63, 3.8) is 0 Å². The van der Waals surface area contributed by atoms with Crippen molar-refractivity contribution in [2.75, 3.05) is 18.9 Å². The van der Waals surface area contributed by atoms with E-state index in [0.29, 0.717) is 24.0 Å². The standard InChI is InChI=1S/C13H22N4O/c1-9(13(2,3)4)6-16-12(18)10-7-15-8-11(14-5)17-10/h7-9H,6H2,1-5H3,(H,14,17)(H,16,18). The quantitative estimate of drug-likeness (QED) is 0.857.